The maximum absolute atomic E-state index is 4.63. The van der Waals surface area contributed by atoms with Crippen molar-refractivity contribution in [3.63, 3.8) is 0 Å². The summed E-state index contributed by atoms with van der Waals surface area (Å²) in [5.74, 6) is 0. The summed E-state index contributed by atoms with van der Waals surface area (Å²) < 4.78 is 2.05. The van der Waals surface area contributed by atoms with Crippen LogP contribution in [0.25, 0.3) is 11.3 Å². The smallest absolute Gasteiger partial charge is 0.0797 e. The van der Waals surface area contributed by atoms with Crippen molar-refractivity contribution in [3.8, 4) is 11.3 Å². The SMILES string of the molecule is CCn1nc(C(C)NC)cc1-c1ccccc1. The van der Waals surface area contributed by atoms with Crippen molar-refractivity contribution in [2.24, 2.45) is 0 Å². The number of rotatable bonds is 4. The van der Waals surface area contributed by atoms with E-state index >= 15 is 0 Å². The molecule has 0 aliphatic carbocycles. The second-order valence-corrected chi connectivity index (χ2v) is 4.15. The Kier molecular flexibility index (Phi) is 3.59. The fraction of sp³-hybridized carbons (Fsp3) is 0.357. The van der Waals surface area contributed by atoms with Crippen LogP contribution in [0.4, 0.5) is 0 Å². The first-order chi connectivity index (χ1) is 8.26. The van der Waals surface area contributed by atoms with Gasteiger partial charge in [-0.15, -0.1) is 0 Å². The number of nitrogens with zero attached hydrogens (tertiary/aromatic N) is 2. The maximum atomic E-state index is 4.63. The highest BCUT2D eigenvalue weighted by atomic mass is 15.3. The Balaban J connectivity index is 2.43. The van der Waals surface area contributed by atoms with Crippen LogP contribution >= 0.6 is 0 Å². The first-order valence-electron chi connectivity index (χ1n) is 6.06. The second kappa shape index (κ2) is 5.15. The molecule has 17 heavy (non-hydrogen) atoms. The summed E-state index contributed by atoms with van der Waals surface area (Å²) in [6.45, 7) is 5.13. The summed E-state index contributed by atoms with van der Waals surface area (Å²) in [5, 5.41) is 7.85. The fourth-order valence-electron chi connectivity index (χ4n) is 1.88. The van der Waals surface area contributed by atoms with Crippen LogP contribution in [0.5, 0.6) is 0 Å². The molecule has 0 aliphatic heterocycles. The lowest BCUT2D eigenvalue weighted by molar-refractivity contribution is 0.591. The summed E-state index contributed by atoms with van der Waals surface area (Å²) in [6.07, 6.45) is 0. The third-order valence-corrected chi connectivity index (χ3v) is 3.04. The van der Waals surface area contributed by atoms with E-state index in [2.05, 4.69) is 59.3 Å². The van der Waals surface area contributed by atoms with Gasteiger partial charge in [0.25, 0.3) is 0 Å². The highest BCUT2D eigenvalue weighted by molar-refractivity contribution is 5.60. The summed E-state index contributed by atoms with van der Waals surface area (Å²) in [5.41, 5.74) is 3.50. The number of nitrogens with one attached hydrogen (secondary N) is 1. The lowest BCUT2D eigenvalue weighted by atomic mass is 10.1. The molecule has 0 aliphatic rings. The Hall–Kier alpha value is -1.61. The van der Waals surface area contributed by atoms with Gasteiger partial charge < -0.3 is 5.32 Å². The molecule has 0 spiro atoms. The van der Waals surface area contributed by atoms with Crippen molar-refractivity contribution in [2.75, 3.05) is 7.05 Å². The Morgan fingerprint density at radius 3 is 2.59 bits per heavy atom. The van der Waals surface area contributed by atoms with Gasteiger partial charge in [-0.1, -0.05) is 30.3 Å². The van der Waals surface area contributed by atoms with Crippen LogP contribution in [0.15, 0.2) is 36.4 Å². The molecule has 2 rings (SSSR count). The van der Waals surface area contributed by atoms with Gasteiger partial charge >= 0.3 is 0 Å². The zero-order valence-electron chi connectivity index (χ0n) is 10.6. The molecule has 0 amide bonds. The van der Waals surface area contributed by atoms with Gasteiger partial charge in [0.05, 0.1) is 11.4 Å². The topological polar surface area (TPSA) is 29.9 Å². The lowest BCUT2D eigenvalue weighted by Gasteiger charge is -2.05. The molecule has 1 aromatic heterocycles. The fourth-order valence-corrected chi connectivity index (χ4v) is 1.88. The number of aromatic nitrogens is 2. The van der Waals surface area contributed by atoms with Crippen LogP contribution in [0, 0.1) is 0 Å². The predicted molar refractivity (Wildman–Crippen MR) is 70.8 cm³/mol. The lowest BCUT2D eigenvalue weighted by Crippen LogP contribution is -2.13. The van der Waals surface area contributed by atoms with Gasteiger partial charge in [-0.2, -0.15) is 5.10 Å². The van der Waals surface area contributed by atoms with Gasteiger partial charge in [0.15, 0.2) is 0 Å². The molecule has 2 aromatic rings. The number of benzene rings is 1. The summed E-state index contributed by atoms with van der Waals surface area (Å²) >= 11 is 0. The summed E-state index contributed by atoms with van der Waals surface area (Å²) in [6, 6.07) is 12.8. The molecule has 0 fully saturated rings. The van der Waals surface area contributed by atoms with Crippen molar-refractivity contribution < 1.29 is 0 Å². The standard InChI is InChI=1S/C14H19N3/c1-4-17-14(12-8-6-5-7-9-12)10-13(16-17)11(2)15-3/h5-11,15H,4H2,1-3H3. The van der Waals surface area contributed by atoms with Gasteiger partial charge in [0.2, 0.25) is 0 Å². The van der Waals surface area contributed by atoms with Crippen molar-refractivity contribution in [3.05, 3.63) is 42.1 Å². The van der Waals surface area contributed by atoms with Gasteiger partial charge in [0.1, 0.15) is 0 Å². The molecule has 0 bridgehead atoms. The second-order valence-electron chi connectivity index (χ2n) is 4.15. The van der Waals surface area contributed by atoms with Gasteiger partial charge in [-0.3, -0.25) is 4.68 Å². The quantitative estimate of drug-likeness (QED) is 0.873. The first-order valence-corrected chi connectivity index (χ1v) is 6.06. The van der Waals surface area contributed by atoms with Crippen LogP contribution < -0.4 is 5.32 Å². The Labute approximate surface area is 102 Å². The molecule has 3 heteroatoms. The normalized spacial score (nSPS) is 12.6. The number of aryl methyl sites for hydroxylation is 1. The van der Waals surface area contributed by atoms with Gasteiger partial charge in [-0.05, 0) is 32.5 Å². The minimum absolute atomic E-state index is 0.283. The molecule has 0 radical (unpaired) electrons. The third-order valence-electron chi connectivity index (χ3n) is 3.04. The highest BCUT2D eigenvalue weighted by Gasteiger charge is 2.12. The molecule has 1 atom stereocenters. The van der Waals surface area contributed by atoms with Crippen molar-refractivity contribution in [1.82, 2.24) is 15.1 Å². The Morgan fingerprint density at radius 1 is 1.29 bits per heavy atom. The van der Waals surface area contributed by atoms with Crippen LogP contribution in [0.3, 0.4) is 0 Å². The third kappa shape index (κ3) is 2.39. The predicted octanol–water partition coefficient (Wildman–Crippen LogP) is 2.85. The average Bonchev–Trinajstić information content (AvgIpc) is 2.83. The molecule has 3 nitrogen and oxygen atoms in total. The first kappa shape index (κ1) is 11.9. The van der Waals surface area contributed by atoms with Crippen LogP contribution in [-0.2, 0) is 6.54 Å². The molecule has 0 saturated carbocycles. The molecule has 1 aromatic carbocycles. The van der Waals surface area contributed by atoms with E-state index in [9.17, 15) is 0 Å². The zero-order chi connectivity index (χ0) is 12.3. The molecule has 1 unspecified atom stereocenters. The van der Waals surface area contributed by atoms with E-state index < -0.39 is 0 Å². The van der Waals surface area contributed by atoms with Crippen molar-refractivity contribution in [2.45, 2.75) is 26.4 Å². The van der Waals surface area contributed by atoms with Crippen molar-refractivity contribution in [1.29, 1.82) is 0 Å². The maximum Gasteiger partial charge on any atom is 0.0797 e. The summed E-state index contributed by atoms with van der Waals surface area (Å²) in [4.78, 5) is 0. The van der Waals surface area contributed by atoms with E-state index in [1.807, 2.05) is 13.1 Å². The Morgan fingerprint density at radius 2 is 2.00 bits per heavy atom. The van der Waals surface area contributed by atoms with Gasteiger partial charge in [-0.25, -0.2) is 0 Å². The zero-order valence-corrected chi connectivity index (χ0v) is 10.6. The van der Waals surface area contributed by atoms with E-state index in [0.717, 1.165) is 12.2 Å². The highest BCUT2D eigenvalue weighted by Crippen LogP contribution is 2.22. The van der Waals surface area contributed by atoms with Gasteiger partial charge in [0, 0.05) is 12.6 Å². The van der Waals surface area contributed by atoms with Crippen LogP contribution in [0.2, 0.25) is 0 Å². The average molecular weight is 229 g/mol. The Bertz CT molecular complexity index is 473. The molecule has 0 saturated heterocycles. The van der Waals surface area contributed by atoms with Crippen LogP contribution in [0.1, 0.15) is 25.6 Å². The monoisotopic (exact) mass is 229 g/mol. The van der Waals surface area contributed by atoms with E-state index in [-0.39, 0.29) is 6.04 Å². The molecule has 1 heterocycles. The van der Waals surface area contributed by atoms with E-state index in [0.29, 0.717) is 0 Å². The number of hydrogen-bond acceptors (Lipinski definition) is 2. The van der Waals surface area contributed by atoms with E-state index in [1.54, 1.807) is 0 Å². The largest absolute Gasteiger partial charge is 0.312 e. The van der Waals surface area contributed by atoms with Crippen molar-refractivity contribution >= 4 is 0 Å². The number of hydrogen-bond donors (Lipinski definition) is 1. The molecule has 1 N–H and O–H groups in total. The minimum atomic E-state index is 0.283. The van der Waals surface area contributed by atoms with Crippen LogP contribution in [-0.4, -0.2) is 16.8 Å². The summed E-state index contributed by atoms with van der Waals surface area (Å²) in [7, 11) is 1.96. The van der Waals surface area contributed by atoms with E-state index in [4.69, 9.17) is 0 Å². The molecular formula is C14H19N3. The van der Waals surface area contributed by atoms with E-state index in [1.165, 1.54) is 11.3 Å². The molecular weight excluding hydrogens is 210 g/mol. The molecule has 90 valence electrons. The minimum Gasteiger partial charge on any atom is -0.312 e.